The highest BCUT2D eigenvalue weighted by Gasteiger charge is 2.49. The van der Waals surface area contributed by atoms with Crippen molar-refractivity contribution in [2.45, 2.75) is 45.1 Å². The first-order valence-corrected chi connectivity index (χ1v) is 13.6. The number of fused-ring (bicyclic) bond motifs is 1. The molecular formula is C29H30Br2N2O5. The van der Waals surface area contributed by atoms with E-state index < -0.39 is 16.9 Å². The Bertz CT molecular complexity index is 1400. The van der Waals surface area contributed by atoms with Crippen LogP contribution in [0.4, 0.5) is 11.4 Å². The predicted molar refractivity (Wildman–Crippen MR) is 156 cm³/mol. The second-order valence-electron chi connectivity index (χ2n) is 10.2. The second kappa shape index (κ2) is 10.3. The molecule has 2 amide bonds. The van der Waals surface area contributed by atoms with E-state index in [1.807, 2.05) is 51.1 Å². The summed E-state index contributed by atoms with van der Waals surface area (Å²) in [5.74, 6) is 0.216. The number of nitrogens with one attached hydrogen (secondary N) is 1. The molecule has 0 fully saturated rings. The predicted octanol–water partition coefficient (Wildman–Crippen LogP) is 7.03. The van der Waals surface area contributed by atoms with Crippen LogP contribution < -0.4 is 19.7 Å². The Morgan fingerprint density at radius 3 is 2.11 bits per heavy atom. The Morgan fingerprint density at radius 2 is 1.58 bits per heavy atom. The summed E-state index contributed by atoms with van der Waals surface area (Å²) in [4.78, 5) is 27.9. The van der Waals surface area contributed by atoms with Crippen molar-refractivity contribution in [2.75, 3.05) is 24.4 Å². The summed E-state index contributed by atoms with van der Waals surface area (Å²) in [5.41, 5.74) is 1.22. The fraction of sp³-hybridized carbons (Fsp3) is 0.310. The lowest BCUT2D eigenvalue weighted by Crippen LogP contribution is -2.55. The normalized spacial score (nSPS) is 17.9. The number of phenols is 1. The van der Waals surface area contributed by atoms with Crippen LogP contribution in [-0.2, 0) is 10.2 Å². The fourth-order valence-corrected chi connectivity index (χ4v) is 6.96. The first-order chi connectivity index (χ1) is 17.8. The minimum absolute atomic E-state index is 0.135. The van der Waals surface area contributed by atoms with E-state index in [9.17, 15) is 14.7 Å². The Morgan fingerprint density at radius 1 is 0.974 bits per heavy atom. The van der Waals surface area contributed by atoms with Gasteiger partial charge in [0.1, 0.15) is 22.9 Å². The van der Waals surface area contributed by atoms with Gasteiger partial charge in [0.15, 0.2) is 0 Å². The number of phenolic OH excluding ortho intramolecular Hbond substituents is 1. The number of amides is 2. The van der Waals surface area contributed by atoms with Crippen LogP contribution in [0.25, 0.3) is 0 Å². The fourth-order valence-electron chi connectivity index (χ4n) is 5.66. The number of carbonyl (C=O) groups is 2. The lowest BCUT2D eigenvalue weighted by atomic mass is 9.64. The number of aromatic hydroxyl groups is 1. The van der Waals surface area contributed by atoms with E-state index in [1.165, 1.54) is 14.0 Å². The third-order valence-electron chi connectivity index (χ3n) is 7.05. The zero-order chi connectivity index (χ0) is 28.0. The average Bonchev–Trinajstić information content (AvgIpc) is 2.83. The van der Waals surface area contributed by atoms with Crippen LogP contribution in [0.5, 0.6) is 17.2 Å². The van der Waals surface area contributed by atoms with Crippen molar-refractivity contribution in [3.63, 3.8) is 0 Å². The molecule has 9 heteroatoms. The number of hydrogen-bond acceptors (Lipinski definition) is 5. The number of benzene rings is 3. The van der Waals surface area contributed by atoms with Crippen molar-refractivity contribution in [1.29, 1.82) is 0 Å². The minimum atomic E-state index is -0.717. The number of hydrogen-bond donors (Lipinski definition) is 2. The number of carbonyl (C=O) groups excluding carboxylic acids is 2. The Hall–Kier alpha value is -3.04. The quantitative estimate of drug-likeness (QED) is 0.291. The maximum absolute atomic E-state index is 13.3. The van der Waals surface area contributed by atoms with Gasteiger partial charge in [-0.15, -0.1) is 0 Å². The van der Waals surface area contributed by atoms with Crippen LogP contribution in [0.1, 0.15) is 55.6 Å². The van der Waals surface area contributed by atoms with Crippen LogP contribution >= 0.6 is 31.9 Å². The first-order valence-electron chi connectivity index (χ1n) is 12.0. The van der Waals surface area contributed by atoms with Crippen molar-refractivity contribution in [2.24, 2.45) is 0 Å². The van der Waals surface area contributed by atoms with Crippen LogP contribution in [-0.4, -0.2) is 36.7 Å². The molecule has 0 aliphatic carbocycles. The van der Waals surface area contributed by atoms with Gasteiger partial charge in [0.25, 0.3) is 5.91 Å². The molecule has 0 radical (unpaired) electrons. The Balaban J connectivity index is 1.96. The second-order valence-corrected chi connectivity index (χ2v) is 12.0. The van der Waals surface area contributed by atoms with E-state index in [1.54, 1.807) is 30.2 Å². The van der Waals surface area contributed by atoms with E-state index >= 15 is 0 Å². The highest BCUT2D eigenvalue weighted by Crippen LogP contribution is 2.57. The van der Waals surface area contributed by atoms with Gasteiger partial charge in [-0.25, -0.2) is 0 Å². The monoisotopic (exact) mass is 644 g/mol. The van der Waals surface area contributed by atoms with Gasteiger partial charge in [-0.1, -0.05) is 50.9 Å². The van der Waals surface area contributed by atoms with Crippen LogP contribution in [0.15, 0.2) is 57.5 Å². The number of nitrogens with zero attached hydrogens (tertiary/aromatic N) is 1. The van der Waals surface area contributed by atoms with Gasteiger partial charge in [0, 0.05) is 44.0 Å². The highest BCUT2D eigenvalue weighted by atomic mass is 79.9. The molecule has 7 nitrogen and oxygen atoms in total. The Labute approximate surface area is 239 Å². The van der Waals surface area contributed by atoms with Crippen LogP contribution in [0, 0.1) is 0 Å². The maximum atomic E-state index is 13.3. The zero-order valence-corrected chi connectivity index (χ0v) is 25.3. The van der Waals surface area contributed by atoms with Crippen molar-refractivity contribution in [3.05, 3.63) is 74.2 Å². The lowest BCUT2D eigenvalue weighted by Gasteiger charge is -2.51. The van der Waals surface area contributed by atoms with Gasteiger partial charge in [-0.05, 0) is 56.2 Å². The summed E-state index contributed by atoms with van der Waals surface area (Å²) >= 11 is 6.82. The highest BCUT2D eigenvalue weighted by molar-refractivity contribution is 9.11. The molecule has 1 heterocycles. The van der Waals surface area contributed by atoms with Gasteiger partial charge in [-0.3, -0.25) is 9.59 Å². The Kier molecular flexibility index (Phi) is 7.56. The van der Waals surface area contributed by atoms with Crippen molar-refractivity contribution < 1.29 is 24.2 Å². The van der Waals surface area contributed by atoms with E-state index in [0.717, 1.165) is 14.5 Å². The molecule has 0 aromatic heterocycles. The van der Waals surface area contributed by atoms with E-state index in [0.29, 0.717) is 29.0 Å². The summed E-state index contributed by atoms with van der Waals surface area (Å²) in [6.07, 6.45) is 0.519. The molecule has 3 aromatic rings. The lowest BCUT2D eigenvalue weighted by molar-refractivity contribution is -0.117. The van der Waals surface area contributed by atoms with Crippen LogP contribution in [0.3, 0.4) is 0 Å². The summed E-state index contributed by atoms with van der Waals surface area (Å²) in [6.45, 7) is 7.55. The SMILES string of the molecule is COc1ccc(C2(C)CC(C)(C)N(C(C)=O)c3cc(OC)c(NC(=O)c4cc(Br)cc(Br)c4)c(O)c32)cc1. The number of rotatable bonds is 5. The molecule has 2 N–H and O–H groups in total. The maximum Gasteiger partial charge on any atom is 0.255 e. The van der Waals surface area contributed by atoms with Gasteiger partial charge in [0.2, 0.25) is 5.91 Å². The third-order valence-corrected chi connectivity index (χ3v) is 7.97. The largest absolute Gasteiger partial charge is 0.505 e. The molecule has 0 spiro atoms. The van der Waals surface area contributed by atoms with Gasteiger partial charge < -0.3 is 24.8 Å². The smallest absolute Gasteiger partial charge is 0.255 e. The van der Waals surface area contributed by atoms with E-state index in [-0.39, 0.29) is 23.1 Å². The molecule has 1 unspecified atom stereocenters. The standard InChI is InChI=1S/C29H30Br2N2O5/c1-16(34)33-22-14-23(38-6)25(32-27(36)17-11-19(30)13-20(31)12-17)26(35)24(22)29(4,15-28(33,2)3)18-7-9-21(37-5)10-8-18/h7-14,35H,15H2,1-6H3,(H,32,36). The van der Waals surface area contributed by atoms with Crippen molar-refractivity contribution >= 4 is 55.0 Å². The molecule has 200 valence electrons. The number of methoxy groups -OCH3 is 2. The first kappa shape index (κ1) is 28.0. The molecule has 3 aromatic carbocycles. The molecule has 0 bridgehead atoms. The van der Waals surface area contributed by atoms with Crippen LogP contribution in [0.2, 0.25) is 0 Å². The van der Waals surface area contributed by atoms with Crippen molar-refractivity contribution in [3.8, 4) is 17.2 Å². The summed E-state index contributed by atoms with van der Waals surface area (Å²) in [7, 11) is 3.07. The van der Waals surface area contributed by atoms with Gasteiger partial charge in [-0.2, -0.15) is 0 Å². The molecule has 1 aliphatic heterocycles. The molecule has 4 rings (SSSR count). The van der Waals surface area contributed by atoms with Gasteiger partial charge >= 0.3 is 0 Å². The number of anilines is 2. The number of ether oxygens (including phenoxy) is 2. The van der Waals surface area contributed by atoms with E-state index in [2.05, 4.69) is 37.2 Å². The molecular weight excluding hydrogens is 616 g/mol. The topological polar surface area (TPSA) is 88.1 Å². The molecule has 0 saturated heterocycles. The van der Waals surface area contributed by atoms with E-state index in [4.69, 9.17) is 9.47 Å². The molecule has 0 saturated carbocycles. The minimum Gasteiger partial charge on any atom is -0.505 e. The number of halogens is 2. The van der Waals surface area contributed by atoms with Gasteiger partial charge in [0.05, 0.1) is 19.9 Å². The summed E-state index contributed by atoms with van der Waals surface area (Å²) < 4.78 is 12.4. The van der Waals surface area contributed by atoms with Crippen molar-refractivity contribution in [1.82, 2.24) is 0 Å². The zero-order valence-electron chi connectivity index (χ0n) is 22.1. The molecule has 38 heavy (non-hydrogen) atoms. The summed E-state index contributed by atoms with van der Waals surface area (Å²) in [5, 5.41) is 14.7. The summed E-state index contributed by atoms with van der Waals surface area (Å²) in [6, 6.07) is 14.6. The molecule has 1 aliphatic rings. The third kappa shape index (κ3) is 4.89. The molecule has 1 atom stereocenters. The average molecular weight is 646 g/mol.